The Morgan fingerprint density at radius 3 is 2.72 bits per heavy atom. The van der Waals surface area contributed by atoms with Crippen LogP contribution in [-0.2, 0) is 9.59 Å². The number of hydrogen-bond donors (Lipinski definition) is 1. The van der Waals surface area contributed by atoms with Gasteiger partial charge < -0.3 is 9.84 Å². The Balaban J connectivity index is 2.11. The monoisotopic (exact) mass is 357 g/mol. The van der Waals surface area contributed by atoms with Gasteiger partial charge in [-0.25, -0.2) is 0 Å². The van der Waals surface area contributed by atoms with Crippen molar-refractivity contribution in [3.8, 4) is 5.75 Å². The summed E-state index contributed by atoms with van der Waals surface area (Å²) in [5, 5.41) is 12.3. The first-order valence-corrected chi connectivity index (χ1v) is 9.02. The third-order valence-corrected chi connectivity index (χ3v) is 4.97. The van der Waals surface area contributed by atoms with Crippen LogP contribution in [0.5, 0.6) is 5.75 Å². The topological polar surface area (TPSA) is 66.8 Å². The molecule has 1 aromatic heterocycles. The molecule has 0 saturated heterocycles. The quantitative estimate of drug-likeness (QED) is 0.848. The zero-order chi connectivity index (χ0) is 18.0. The highest BCUT2D eigenvalue weighted by Gasteiger charge is 2.44. The van der Waals surface area contributed by atoms with Gasteiger partial charge in [0.2, 0.25) is 0 Å². The predicted molar refractivity (Wildman–Crippen MR) is 97.1 cm³/mol. The van der Waals surface area contributed by atoms with Crippen LogP contribution in [0.2, 0.25) is 0 Å². The fraction of sp³-hybridized carbons (Fsp3) is 0.263. The van der Waals surface area contributed by atoms with Gasteiger partial charge in [-0.2, -0.15) is 0 Å². The fourth-order valence-electron chi connectivity index (χ4n) is 2.95. The number of Topliss-reactive ketones (excluding diaryl/α,β-unsaturated/α-hetero) is 1. The zero-order valence-electron chi connectivity index (χ0n) is 14.1. The minimum absolute atomic E-state index is 0.164. The van der Waals surface area contributed by atoms with E-state index in [0.717, 1.165) is 4.88 Å². The predicted octanol–water partition coefficient (Wildman–Crippen LogP) is 4.03. The van der Waals surface area contributed by atoms with E-state index in [1.807, 2.05) is 24.4 Å². The van der Waals surface area contributed by atoms with Gasteiger partial charge >= 0.3 is 0 Å². The first-order chi connectivity index (χ1) is 12.1. The van der Waals surface area contributed by atoms with E-state index in [4.69, 9.17) is 4.74 Å². The second-order valence-electron chi connectivity index (χ2n) is 5.56. The molecular formula is C19H19NO4S. The summed E-state index contributed by atoms with van der Waals surface area (Å²) >= 11 is 1.45. The van der Waals surface area contributed by atoms with Gasteiger partial charge in [-0.3, -0.25) is 14.5 Å². The molecule has 130 valence electrons. The van der Waals surface area contributed by atoms with E-state index in [-0.39, 0.29) is 17.8 Å². The maximum Gasteiger partial charge on any atom is 0.294 e. The van der Waals surface area contributed by atoms with Crippen LogP contribution in [0, 0.1) is 0 Å². The lowest BCUT2D eigenvalue weighted by molar-refractivity contribution is -0.118. The fourth-order valence-corrected chi connectivity index (χ4v) is 3.78. The Hall–Kier alpha value is -2.60. The van der Waals surface area contributed by atoms with Gasteiger partial charge in [0.15, 0.2) is 11.5 Å². The highest BCUT2D eigenvalue weighted by atomic mass is 32.1. The molecule has 0 aliphatic carbocycles. The molecule has 3 rings (SSSR count). The third-order valence-electron chi connectivity index (χ3n) is 4.05. The molecule has 0 bridgehead atoms. The van der Waals surface area contributed by atoms with Gasteiger partial charge in [-0.05, 0) is 30.5 Å². The SMILES string of the molecule is CCOc1cccc(N2C(=O)C(O)=C(C(=O)CC)C2c2cccs2)c1. The van der Waals surface area contributed by atoms with Crippen LogP contribution in [0.15, 0.2) is 53.1 Å². The minimum Gasteiger partial charge on any atom is -0.503 e. The molecule has 0 radical (unpaired) electrons. The van der Waals surface area contributed by atoms with Crippen molar-refractivity contribution < 1.29 is 19.4 Å². The largest absolute Gasteiger partial charge is 0.503 e. The Bertz CT molecular complexity index is 826. The second-order valence-corrected chi connectivity index (χ2v) is 6.54. The number of ether oxygens (including phenoxy) is 1. The first-order valence-electron chi connectivity index (χ1n) is 8.14. The van der Waals surface area contributed by atoms with Crippen LogP contribution in [0.1, 0.15) is 31.2 Å². The summed E-state index contributed by atoms with van der Waals surface area (Å²) < 4.78 is 5.51. The molecule has 0 fully saturated rings. The number of aliphatic hydroxyl groups is 1. The summed E-state index contributed by atoms with van der Waals surface area (Å²) in [7, 11) is 0. The number of benzene rings is 1. The van der Waals surface area contributed by atoms with Gasteiger partial charge in [0.05, 0.1) is 12.2 Å². The van der Waals surface area contributed by atoms with E-state index in [9.17, 15) is 14.7 Å². The smallest absolute Gasteiger partial charge is 0.294 e. The summed E-state index contributed by atoms with van der Waals surface area (Å²) in [5.74, 6) is -0.629. The molecule has 1 amide bonds. The average Bonchev–Trinajstić information content (AvgIpc) is 3.22. The number of thiophene rings is 1. The summed E-state index contributed by atoms with van der Waals surface area (Å²) in [6.45, 7) is 4.11. The van der Waals surface area contributed by atoms with Crippen molar-refractivity contribution in [2.24, 2.45) is 0 Å². The number of carbonyl (C=O) groups is 2. The number of nitrogens with zero attached hydrogens (tertiary/aromatic N) is 1. The summed E-state index contributed by atoms with van der Waals surface area (Å²) in [4.78, 5) is 27.4. The van der Waals surface area contributed by atoms with E-state index in [1.54, 1.807) is 31.2 Å². The number of amides is 1. The van der Waals surface area contributed by atoms with Crippen LogP contribution < -0.4 is 9.64 Å². The van der Waals surface area contributed by atoms with Gasteiger partial charge in [0, 0.05) is 23.1 Å². The van der Waals surface area contributed by atoms with Crippen LogP contribution in [0.4, 0.5) is 5.69 Å². The van der Waals surface area contributed by atoms with Crippen molar-refractivity contribution in [3.63, 3.8) is 0 Å². The highest BCUT2D eigenvalue weighted by Crippen LogP contribution is 2.43. The molecule has 1 N–H and O–H groups in total. The van der Waals surface area contributed by atoms with Crippen molar-refractivity contribution in [1.82, 2.24) is 0 Å². The molecule has 0 spiro atoms. The molecule has 1 unspecified atom stereocenters. The van der Waals surface area contributed by atoms with Crippen molar-refractivity contribution in [3.05, 3.63) is 58.0 Å². The second kappa shape index (κ2) is 7.11. The number of rotatable bonds is 6. The molecule has 6 heteroatoms. The van der Waals surface area contributed by atoms with Gasteiger partial charge in [-0.15, -0.1) is 11.3 Å². The standard InChI is InChI=1S/C19H19NO4S/c1-3-14(21)16-17(15-9-6-10-25-15)20(19(23)18(16)22)12-7-5-8-13(11-12)24-4-2/h5-11,17,22H,3-4H2,1-2H3. The maximum atomic E-state index is 12.7. The summed E-state index contributed by atoms with van der Waals surface area (Å²) in [6.07, 6.45) is 0.224. The van der Waals surface area contributed by atoms with E-state index >= 15 is 0 Å². The number of aliphatic hydroxyl groups excluding tert-OH is 1. The van der Waals surface area contributed by atoms with E-state index in [2.05, 4.69) is 0 Å². The molecule has 1 aliphatic rings. The van der Waals surface area contributed by atoms with E-state index < -0.39 is 17.7 Å². The number of anilines is 1. The normalized spacial score (nSPS) is 17.3. The molecule has 2 heterocycles. The Morgan fingerprint density at radius 2 is 2.08 bits per heavy atom. The molecule has 0 saturated carbocycles. The lowest BCUT2D eigenvalue weighted by Gasteiger charge is -2.26. The van der Waals surface area contributed by atoms with Crippen LogP contribution >= 0.6 is 11.3 Å². The van der Waals surface area contributed by atoms with Crippen molar-refractivity contribution in [2.75, 3.05) is 11.5 Å². The van der Waals surface area contributed by atoms with Crippen LogP contribution in [0.25, 0.3) is 0 Å². The molecule has 25 heavy (non-hydrogen) atoms. The number of carbonyl (C=O) groups excluding carboxylic acids is 2. The Kier molecular flexibility index (Phi) is 4.90. The molecule has 1 aliphatic heterocycles. The lowest BCUT2D eigenvalue weighted by Crippen LogP contribution is -2.30. The third kappa shape index (κ3) is 3.05. The highest BCUT2D eigenvalue weighted by molar-refractivity contribution is 7.10. The van der Waals surface area contributed by atoms with Gasteiger partial charge in [0.25, 0.3) is 5.91 Å². The minimum atomic E-state index is -0.614. The summed E-state index contributed by atoms with van der Waals surface area (Å²) in [5.41, 5.74) is 0.747. The average molecular weight is 357 g/mol. The maximum absolute atomic E-state index is 12.7. The van der Waals surface area contributed by atoms with E-state index in [0.29, 0.717) is 18.0 Å². The van der Waals surface area contributed by atoms with Gasteiger partial charge in [0.1, 0.15) is 11.8 Å². The van der Waals surface area contributed by atoms with Crippen molar-refractivity contribution in [1.29, 1.82) is 0 Å². The van der Waals surface area contributed by atoms with Gasteiger partial charge in [-0.1, -0.05) is 19.1 Å². The number of ketones is 1. The van der Waals surface area contributed by atoms with E-state index in [1.165, 1.54) is 16.2 Å². The first kappa shape index (κ1) is 17.2. The Morgan fingerprint density at radius 1 is 1.28 bits per heavy atom. The van der Waals surface area contributed by atoms with Crippen molar-refractivity contribution >= 4 is 28.7 Å². The van der Waals surface area contributed by atoms with Crippen LogP contribution in [0.3, 0.4) is 0 Å². The van der Waals surface area contributed by atoms with Crippen molar-refractivity contribution in [2.45, 2.75) is 26.3 Å². The number of hydrogen-bond acceptors (Lipinski definition) is 5. The molecule has 5 nitrogen and oxygen atoms in total. The van der Waals surface area contributed by atoms with Crippen LogP contribution in [-0.4, -0.2) is 23.4 Å². The lowest BCUT2D eigenvalue weighted by atomic mass is 10.00. The molecule has 1 atom stereocenters. The summed E-state index contributed by atoms with van der Waals surface area (Å²) in [6, 6.07) is 10.2. The molecular weight excluding hydrogens is 338 g/mol. The zero-order valence-corrected chi connectivity index (χ0v) is 14.9. The Labute approximate surface area is 150 Å². The molecule has 1 aromatic carbocycles. The molecule has 2 aromatic rings.